The molecule has 0 unspecified atom stereocenters. The zero-order valence-electron chi connectivity index (χ0n) is 18.3. The Hall–Kier alpha value is -3.22. The number of rotatable bonds is 8. The number of esters is 1. The molecule has 2 rings (SSSR count). The monoisotopic (exact) mass is 415 g/mol. The van der Waals surface area contributed by atoms with E-state index in [1.165, 1.54) is 20.3 Å². The zero-order valence-corrected chi connectivity index (χ0v) is 18.3. The van der Waals surface area contributed by atoms with E-state index in [-0.39, 0.29) is 30.4 Å². The van der Waals surface area contributed by atoms with Crippen molar-refractivity contribution in [3.63, 3.8) is 0 Å². The maximum atomic E-state index is 12.7. The Balaban J connectivity index is 2.14. The van der Waals surface area contributed by atoms with Gasteiger partial charge in [0.15, 0.2) is 11.5 Å². The van der Waals surface area contributed by atoms with E-state index >= 15 is 0 Å². The maximum Gasteiger partial charge on any atom is 0.340 e. The highest BCUT2D eigenvalue weighted by Crippen LogP contribution is 2.34. The van der Waals surface area contributed by atoms with Crippen molar-refractivity contribution in [2.45, 2.75) is 27.7 Å². The standard InChI is InChI=1S/C23H29NO6/c1-15-8-7-9-16(12-15)29-10-11-30-21(25)17-13-19(27-5)20(28-6)14-18(17)24-22(26)23(2,3)4/h7-9,12-14H,10-11H2,1-6H3,(H,24,26). The molecule has 0 bridgehead atoms. The van der Waals surface area contributed by atoms with Crippen LogP contribution >= 0.6 is 0 Å². The van der Waals surface area contributed by atoms with Gasteiger partial charge in [-0.05, 0) is 24.6 Å². The lowest BCUT2D eigenvalue weighted by Crippen LogP contribution is -2.28. The summed E-state index contributed by atoms with van der Waals surface area (Å²) in [5.74, 6) is 0.602. The number of carbonyl (C=O) groups is 2. The summed E-state index contributed by atoms with van der Waals surface area (Å²) >= 11 is 0. The summed E-state index contributed by atoms with van der Waals surface area (Å²) in [5, 5.41) is 2.77. The smallest absolute Gasteiger partial charge is 0.340 e. The molecule has 2 aromatic carbocycles. The van der Waals surface area contributed by atoms with E-state index in [1.54, 1.807) is 26.8 Å². The predicted molar refractivity (Wildman–Crippen MR) is 115 cm³/mol. The van der Waals surface area contributed by atoms with Crippen LogP contribution in [0.2, 0.25) is 0 Å². The van der Waals surface area contributed by atoms with Crippen LogP contribution in [0.25, 0.3) is 0 Å². The van der Waals surface area contributed by atoms with E-state index in [4.69, 9.17) is 18.9 Å². The number of hydrogen-bond acceptors (Lipinski definition) is 6. The molecule has 0 heterocycles. The zero-order chi connectivity index (χ0) is 22.3. The van der Waals surface area contributed by atoms with Gasteiger partial charge >= 0.3 is 5.97 Å². The topological polar surface area (TPSA) is 83.1 Å². The van der Waals surface area contributed by atoms with Crippen molar-refractivity contribution in [2.24, 2.45) is 5.41 Å². The number of methoxy groups -OCH3 is 2. The van der Waals surface area contributed by atoms with Gasteiger partial charge in [-0.1, -0.05) is 32.9 Å². The first-order chi connectivity index (χ1) is 14.2. The molecule has 162 valence electrons. The lowest BCUT2D eigenvalue weighted by Gasteiger charge is -2.20. The molecular formula is C23H29NO6. The van der Waals surface area contributed by atoms with Gasteiger partial charge in [0.1, 0.15) is 19.0 Å². The van der Waals surface area contributed by atoms with Gasteiger partial charge in [0, 0.05) is 17.5 Å². The molecule has 0 aliphatic rings. The van der Waals surface area contributed by atoms with Gasteiger partial charge in [0.05, 0.1) is 25.5 Å². The minimum Gasteiger partial charge on any atom is -0.493 e. The highest BCUT2D eigenvalue weighted by molar-refractivity contribution is 6.03. The molecule has 0 saturated carbocycles. The third kappa shape index (κ3) is 6.14. The van der Waals surface area contributed by atoms with E-state index in [9.17, 15) is 9.59 Å². The van der Waals surface area contributed by atoms with E-state index in [0.717, 1.165) is 5.56 Å². The minimum absolute atomic E-state index is 0.0494. The van der Waals surface area contributed by atoms with Gasteiger partial charge in [-0.2, -0.15) is 0 Å². The highest BCUT2D eigenvalue weighted by atomic mass is 16.6. The van der Waals surface area contributed by atoms with Crippen molar-refractivity contribution < 1.29 is 28.5 Å². The molecule has 0 atom stereocenters. The molecular weight excluding hydrogens is 386 g/mol. The number of ether oxygens (including phenoxy) is 4. The van der Waals surface area contributed by atoms with E-state index < -0.39 is 11.4 Å². The van der Waals surface area contributed by atoms with Gasteiger partial charge in [0.2, 0.25) is 5.91 Å². The Kier molecular flexibility index (Phi) is 7.69. The summed E-state index contributed by atoms with van der Waals surface area (Å²) in [6, 6.07) is 10.6. The predicted octanol–water partition coefficient (Wildman–Crippen LogP) is 4.23. The first kappa shape index (κ1) is 23.1. The Morgan fingerprint density at radius 3 is 2.23 bits per heavy atom. The Morgan fingerprint density at radius 2 is 1.63 bits per heavy atom. The fourth-order valence-corrected chi connectivity index (χ4v) is 2.54. The quantitative estimate of drug-likeness (QED) is 0.513. The van der Waals surface area contributed by atoms with E-state index in [2.05, 4.69) is 5.32 Å². The Morgan fingerprint density at radius 1 is 0.967 bits per heavy atom. The number of anilines is 1. The normalized spacial score (nSPS) is 10.9. The second kappa shape index (κ2) is 10.0. The third-order valence-electron chi connectivity index (χ3n) is 4.25. The van der Waals surface area contributed by atoms with Crippen LogP contribution in [0.1, 0.15) is 36.7 Å². The van der Waals surface area contributed by atoms with Gasteiger partial charge in [-0.25, -0.2) is 4.79 Å². The van der Waals surface area contributed by atoms with Gasteiger partial charge in [-0.3, -0.25) is 4.79 Å². The number of hydrogen-bond donors (Lipinski definition) is 1. The van der Waals surface area contributed by atoms with Crippen LogP contribution in [0.3, 0.4) is 0 Å². The van der Waals surface area contributed by atoms with Crippen molar-refractivity contribution in [3.05, 3.63) is 47.5 Å². The van der Waals surface area contributed by atoms with Gasteiger partial charge < -0.3 is 24.3 Å². The van der Waals surface area contributed by atoms with Crippen LogP contribution < -0.4 is 19.5 Å². The van der Waals surface area contributed by atoms with Crippen LogP contribution in [-0.4, -0.2) is 39.3 Å². The number of aryl methyl sites for hydroxylation is 1. The minimum atomic E-state index is -0.643. The van der Waals surface area contributed by atoms with Crippen LogP contribution in [0.15, 0.2) is 36.4 Å². The first-order valence-corrected chi connectivity index (χ1v) is 9.59. The molecule has 0 aromatic heterocycles. The summed E-state index contributed by atoms with van der Waals surface area (Å²) in [7, 11) is 2.95. The molecule has 7 heteroatoms. The molecule has 0 saturated heterocycles. The van der Waals surface area contributed by atoms with Crippen molar-refractivity contribution in [2.75, 3.05) is 32.8 Å². The summed E-state index contributed by atoms with van der Waals surface area (Å²) in [6.07, 6.45) is 0. The van der Waals surface area contributed by atoms with Crippen molar-refractivity contribution >= 4 is 17.6 Å². The van der Waals surface area contributed by atoms with Crippen molar-refractivity contribution in [3.8, 4) is 17.2 Å². The largest absolute Gasteiger partial charge is 0.493 e. The fraction of sp³-hybridized carbons (Fsp3) is 0.391. The van der Waals surface area contributed by atoms with E-state index in [1.807, 2.05) is 31.2 Å². The number of carbonyl (C=O) groups excluding carboxylic acids is 2. The molecule has 0 spiro atoms. The van der Waals surface area contributed by atoms with Crippen LogP contribution in [0.5, 0.6) is 17.2 Å². The lowest BCUT2D eigenvalue weighted by atomic mass is 9.95. The highest BCUT2D eigenvalue weighted by Gasteiger charge is 2.25. The van der Waals surface area contributed by atoms with E-state index in [0.29, 0.717) is 17.2 Å². The fourth-order valence-electron chi connectivity index (χ4n) is 2.54. The molecule has 0 fully saturated rings. The third-order valence-corrected chi connectivity index (χ3v) is 4.25. The number of amides is 1. The Bertz CT molecular complexity index is 901. The number of benzene rings is 2. The lowest BCUT2D eigenvalue weighted by molar-refractivity contribution is -0.123. The average molecular weight is 415 g/mol. The van der Waals surface area contributed by atoms with Gasteiger partial charge in [-0.15, -0.1) is 0 Å². The molecule has 0 aliphatic carbocycles. The summed E-state index contributed by atoms with van der Waals surface area (Å²) in [6.45, 7) is 7.56. The SMILES string of the molecule is COc1cc(NC(=O)C(C)(C)C)c(C(=O)OCCOc2cccc(C)c2)cc1OC. The summed E-state index contributed by atoms with van der Waals surface area (Å²) < 4.78 is 21.5. The van der Waals surface area contributed by atoms with Crippen LogP contribution in [0.4, 0.5) is 5.69 Å². The molecule has 0 aliphatic heterocycles. The molecule has 7 nitrogen and oxygen atoms in total. The van der Waals surface area contributed by atoms with Crippen molar-refractivity contribution in [1.29, 1.82) is 0 Å². The molecule has 2 aromatic rings. The van der Waals surface area contributed by atoms with Crippen molar-refractivity contribution in [1.82, 2.24) is 0 Å². The van der Waals surface area contributed by atoms with Crippen LogP contribution in [0, 0.1) is 12.3 Å². The molecule has 1 N–H and O–H groups in total. The molecule has 1 amide bonds. The Labute approximate surface area is 177 Å². The number of nitrogens with one attached hydrogen (secondary N) is 1. The molecule has 0 radical (unpaired) electrons. The second-order valence-electron chi connectivity index (χ2n) is 7.76. The van der Waals surface area contributed by atoms with Gasteiger partial charge in [0.25, 0.3) is 0 Å². The maximum absolute atomic E-state index is 12.7. The molecule has 30 heavy (non-hydrogen) atoms. The summed E-state index contributed by atoms with van der Waals surface area (Å²) in [5.41, 5.74) is 0.891. The average Bonchev–Trinajstić information content (AvgIpc) is 2.70. The first-order valence-electron chi connectivity index (χ1n) is 9.59. The summed E-state index contributed by atoms with van der Waals surface area (Å²) in [4.78, 5) is 25.2. The van der Waals surface area contributed by atoms with Crippen LogP contribution in [-0.2, 0) is 9.53 Å². The second-order valence-corrected chi connectivity index (χ2v) is 7.76.